The maximum Gasteiger partial charge on any atom is 0.340 e. The van der Waals surface area contributed by atoms with Gasteiger partial charge in [0.2, 0.25) is 0 Å². The number of piperazine rings is 1. The van der Waals surface area contributed by atoms with Gasteiger partial charge in [0.15, 0.2) is 0 Å². The first-order chi connectivity index (χ1) is 19.2. The number of hydrogen-bond acceptors (Lipinski definition) is 4. The molecule has 2 aliphatic heterocycles. The average molecular weight is 530 g/mol. The number of urea groups is 1. The SMILES string of the molecule is C=C/C=C(\N=C(/C=C)C1=C2CCCC(=C1)C2)N1CCN(C(=O)N2N=CCC2C2CCCCCCCCC2)CC1. The Morgan fingerprint density at radius 3 is 2.28 bits per heavy atom. The molecule has 3 fully saturated rings. The van der Waals surface area contributed by atoms with E-state index in [0.717, 1.165) is 43.9 Å². The van der Waals surface area contributed by atoms with E-state index in [2.05, 4.69) is 29.2 Å². The molecule has 1 atom stereocenters. The van der Waals surface area contributed by atoms with Crippen LogP contribution < -0.4 is 0 Å². The monoisotopic (exact) mass is 529 g/mol. The lowest BCUT2D eigenvalue weighted by molar-refractivity contribution is 0.0994. The molecule has 3 aliphatic carbocycles. The molecule has 2 bridgehead atoms. The van der Waals surface area contributed by atoms with Crippen LogP contribution in [0.5, 0.6) is 0 Å². The molecule has 1 saturated heterocycles. The van der Waals surface area contributed by atoms with Crippen molar-refractivity contribution in [3.63, 3.8) is 0 Å². The molecule has 5 aliphatic rings. The molecule has 0 N–H and O–H groups in total. The van der Waals surface area contributed by atoms with Crippen molar-refractivity contribution in [3.8, 4) is 0 Å². The van der Waals surface area contributed by atoms with Crippen molar-refractivity contribution >= 4 is 18.0 Å². The molecule has 0 aromatic heterocycles. The summed E-state index contributed by atoms with van der Waals surface area (Å²) in [5, 5.41) is 6.44. The Hall–Kier alpha value is -2.89. The zero-order valence-electron chi connectivity index (χ0n) is 23.8. The van der Waals surface area contributed by atoms with E-state index in [0.29, 0.717) is 19.0 Å². The maximum atomic E-state index is 13.7. The largest absolute Gasteiger partial charge is 0.353 e. The van der Waals surface area contributed by atoms with E-state index in [-0.39, 0.29) is 12.1 Å². The highest BCUT2D eigenvalue weighted by molar-refractivity contribution is 6.11. The fourth-order valence-electron chi connectivity index (χ4n) is 7.06. The first-order valence-electron chi connectivity index (χ1n) is 15.5. The first kappa shape index (κ1) is 27.7. The summed E-state index contributed by atoms with van der Waals surface area (Å²) in [7, 11) is 0. The number of rotatable bonds is 6. The van der Waals surface area contributed by atoms with Gasteiger partial charge in [0.1, 0.15) is 5.82 Å². The third kappa shape index (κ3) is 6.64. The predicted molar refractivity (Wildman–Crippen MR) is 162 cm³/mol. The summed E-state index contributed by atoms with van der Waals surface area (Å²) in [5.41, 5.74) is 5.24. The molecule has 6 heteroatoms. The summed E-state index contributed by atoms with van der Waals surface area (Å²) in [4.78, 5) is 23.0. The number of carbonyl (C=O) groups is 1. The highest BCUT2D eigenvalue weighted by Gasteiger charge is 2.36. The van der Waals surface area contributed by atoms with E-state index in [1.54, 1.807) is 0 Å². The van der Waals surface area contributed by atoms with E-state index < -0.39 is 0 Å². The fourth-order valence-corrected chi connectivity index (χ4v) is 7.06. The van der Waals surface area contributed by atoms with E-state index in [4.69, 9.17) is 4.99 Å². The second-order valence-electron chi connectivity index (χ2n) is 11.8. The van der Waals surface area contributed by atoms with Crippen LogP contribution in [0.15, 0.2) is 70.1 Å². The molecular formula is C33H47N5O. The van der Waals surface area contributed by atoms with Crippen LogP contribution in [0.25, 0.3) is 0 Å². The van der Waals surface area contributed by atoms with Crippen LogP contribution in [0.3, 0.4) is 0 Å². The van der Waals surface area contributed by atoms with Gasteiger partial charge in [0.25, 0.3) is 0 Å². The van der Waals surface area contributed by atoms with Gasteiger partial charge >= 0.3 is 6.03 Å². The molecule has 210 valence electrons. The van der Waals surface area contributed by atoms with Crippen molar-refractivity contribution in [1.82, 2.24) is 14.8 Å². The zero-order chi connectivity index (χ0) is 27.0. The molecule has 0 spiro atoms. The molecule has 5 rings (SSSR count). The normalized spacial score (nSPS) is 25.7. The summed E-state index contributed by atoms with van der Waals surface area (Å²) in [6.45, 7) is 10.9. The van der Waals surface area contributed by atoms with Crippen molar-refractivity contribution in [3.05, 3.63) is 60.0 Å². The maximum absolute atomic E-state index is 13.7. The topological polar surface area (TPSA) is 51.5 Å². The van der Waals surface area contributed by atoms with Crippen LogP contribution in [0.4, 0.5) is 4.79 Å². The van der Waals surface area contributed by atoms with Gasteiger partial charge in [-0.3, -0.25) is 0 Å². The standard InChI is InChI=1S/C33H47N5O/c1-3-13-32(35-30(4-2)29-25-26-14-12-17-28(29)24-26)36-20-22-37(23-21-36)33(39)38-31(18-19-34-38)27-15-10-8-6-5-7-9-11-16-27/h3-4,13,19,25,27,31H,1-2,5-12,14-18,20-24H2/b32-13+,35-30+. The smallest absolute Gasteiger partial charge is 0.340 e. The Bertz CT molecular complexity index is 1060. The zero-order valence-corrected chi connectivity index (χ0v) is 23.8. The number of nitrogens with zero attached hydrogens (tertiary/aromatic N) is 5. The quantitative estimate of drug-likeness (QED) is 0.266. The minimum atomic E-state index is 0.0758. The van der Waals surface area contributed by atoms with Crippen LogP contribution in [-0.4, -0.2) is 65.0 Å². The van der Waals surface area contributed by atoms with Crippen LogP contribution in [-0.2, 0) is 0 Å². The number of aliphatic imine (C=N–C) groups is 1. The van der Waals surface area contributed by atoms with Gasteiger partial charge in [-0.25, -0.2) is 14.8 Å². The van der Waals surface area contributed by atoms with Gasteiger partial charge in [0, 0.05) is 38.8 Å². The third-order valence-corrected chi connectivity index (χ3v) is 9.25. The van der Waals surface area contributed by atoms with Crippen molar-refractivity contribution in [2.75, 3.05) is 26.2 Å². The Labute approximate surface area is 235 Å². The molecular weight excluding hydrogens is 482 g/mol. The second-order valence-corrected chi connectivity index (χ2v) is 11.8. The summed E-state index contributed by atoms with van der Waals surface area (Å²) < 4.78 is 0. The molecule has 0 aromatic carbocycles. The van der Waals surface area contributed by atoms with E-state index in [1.165, 1.54) is 87.3 Å². The second kappa shape index (κ2) is 13.5. The molecule has 0 aromatic rings. The van der Waals surface area contributed by atoms with E-state index in [9.17, 15) is 4.79 Å². The molecule has 2 heterocycles. The fraction of sp³-hybridized carbons (Fsp3) is 0.606. The van der Waals surface area contributed by atoms with Crippen molar-refractivity contribution in [2.24, 2.45) is 16.0 Å². The van der Waals surface area contributed by atoms with Crippen LogP contribution >= 0.6 is 0 Å². The van der Waals surface area contributed by atoms with Gasteiger partial charge in [-0.2, -0.15) is 5.10 Å². The molecule has 2 saturated carbocycles. The molecule has 2 amide bonds. The van der Waals surface area contributed by atoms with Crippen LogP contribution in [0, 0.1) is 5.92 Å². The predicted octanol–water partition coefficient (Wildman–Crippen LogP) is 7.39. The lowest BCUT2D eigenvalue weighted by Crippen LogP contribution is -2.53. The highest BCUT2D eigenvalue weighted by Crippen LogP contribution is 2.38. The Morgan fingerprint density at radius 2 is 1.62 bits per heavy atom. The van der Waals surface area contributed by atoms with Gasteiger partial charge in [-0.05, 0) is 62.2 Å². The molecule has 1 unspecified atom stereocenters. The number of allylic oxidation sites excluding steroid dienone is 7. The molecule has 0 radical (unpaired) electrons. The van der Waals surface area contributed by atoms with E-state index in [1.807, 2.05) is 34.4 Å². The number of hydrogen-bond donors (Lipinski definition) is 0. The summed E-state index contributed by atoms with van der Waals surface area (Å²) in [5.74, 6) is 1.46. The van der Waals surface area contributed by atoms with Gasteiger partial charge in [-0.15, -0.1) is 0 Å². The Kier molecular flexibility index (Phi) is 9.54. The minimum Gasteiger partial charge on any atom is -0.353 e. The van der Waals surface area contributed by atoms with Crippen molar-refractivity contribution in [2.45, 2.75) is 95.9 Å². The lowest BCUT2D eigenvalue weighted by Gasteiger charge is -2.39. The number of carbonyl (C=O) groups excluding carboxylic acids is 1. The average Bonchev–Trinajstić information content (AvgIpc) is 3.57. The van der Waals surface area contributed by atoms with Crippen molar-refractivity contribution in [1.29, 1.82) is 0 Å². The summed E-state index contributed by atoms with van der Waals surface area (Å²) >= 11 is 0. The first-order valence-corrected chi connectivity index (χ1v) is 15.5. The minimum absolute atomic E-state index is 0.0758. The number of hydrazone groups is 1. The third-order valence-electron chi connectivity index (χ3n) is 9.25. The molecule has 6 nitrogen and oxygen atoms in total. The van der Waals surface area contributed by atoms with Gasteiger partial charge in [0.05, 0.1) is 11.8 Å². The van der Waals surface area contributed by atoms with Crippen LogP contribution in [0.1, 0.15) is 89.9 Å². The Morgan fingerprint density at radius 1 is 0.923 bits per heavy atom. The van der Waals surface area contributed by atoms with Crippen molar-refractivity contribution < 1.29 is 4.79 Å². The van der Waals surface area contributed by atoms with Gasteiger partial charge in [-0.1, -0.05) is 81.4 Å². The van der Waals surface area contributed by atoms with Crippen LogP contribution in [0.2, 0.25) is 0 Å². The highest BCUT2D eigenvalue weighted by atomic mass is 16.2. The summed E-state index contributed by atoms with van der Waals surface area (Å²) in [6.07, 6.45) is 27.3. The summed E-state index contributed by atoms with van der Waals surface area (Å²) in [6, 6.07) is 0.298. The Balaban J connectivity index is 1.22. The number of fused-ring (bicyclic) bond motifs is 2. The van der Waals surface area contributed by atoms with Gasteiger partial charge < -0.3 is 9.80 Å². The lowest BCUT2D eigenvalue weighted by atomic mass is 9.85. The number of amides is 2. The van der Waals surface area contributed by atoms with E-state index >= 15 is 0 Å². The molecule has 39 heavy (non-hydrogen) atoms.